The molecule has 0 aromatic carbocycles. The van der Waals surface area contributed by atoms with Crippen LogP contribution in [0.3, 0.4) is 0 Å². The Bertz CT molecular complexity index is 176. The minimum absolute atomic E-state index is 0.0796. The highest BCUT2D eigenvalue weighted by Crippen LogP contribution is 2.28. The van der Waals surface area contributed by atoms with Gasteiger partial charge in [0, 0.05) is 31.7 Å². The predicted molar refractivity (Wildman–Crippen MR) is 58.6 cm³/mol. The summed E-state index contributed by atoms with van der Waals surface area (Å²) in [6.45, 7) is 6.10. The average Bonchev–Trinajstić information content (AvgIpc) is 2.55. The minimum atomic E-state index is -0.630. The summed E-state index contributed by atoms with van der Waals surface area (Å²) in [6.07, 6.45) is 0.580. The summed E-state index contributed by atoms with van der Waals surface area (Å²) in [6, 6.07) is 0. The first-order valence-corrected chi connectivity index (χ1v) is 5.76. The highest BCUT2D eigenvalue weighted by molar-refractivity contribution is 4.88. The molecule has 1 aliphatic rings. The highest BCUT2D eigenvalue weighted by atomic mass is 16.3. The van der Waals surface area contributed by atoms with Gasteiger partial charge in [-0.3, -0.25) is 4.90 Å². The Balaban J connectivity index is 2.53. The summed E-state index contributed by atoms with van der Waals surface area (Å²) >= 11 is 0. The van der Waals surface area contributed by atoms with Crippen molar-refractivity contribution in [1.29, 1.82) is 0 Å². The summed E-state index contributed by atoms with van der Waals surface area (Å²) in [5.74, 6) is 0. The molecule has 0 radical (unpaired) electrons. The van der Waals surface area contributed by atoms with Crippen LogP contribution in [0.25, 0.3) is 0 Å². The van der Waals surface area contributed by atoms with E-state index < -0.39 is 12.2 Å². The molecule has 4 nitrogen and oxygen atoms in total. The van der Waals surface area contributed by atoms with Gasteiger partial charge in [-0.1, -0.05) is 13.8 Å². The van der Waals surface area contributed by atoms with Crippen molar-refractivity contribution in [2.24, 2.45) is 5.41 Å². The molecule has 1 fully saturated rings. The number of β-amino-alcohol motifs (C(OH)–C–C–N with tert-alkyl or cyclic N) is 2. The molecule has 2 unspecified atom stereocenters. The molecule has 4 heteroatoms. The molecule has 0 aromatic rings. The second-order valence-corrected chi connectivity index (χ2v) is 4.69. The number of aliphatic hydroxyl groups is 3. The van der Waals surface area contributed by atoms with Crippen LogP contribution in [-0.4, -0.2) is 58.7 Å². The molecule has 3 N–H and O–H groups in total. The van der Waals surface area contributed by atoms with Gasteiger partial charge >= 0.3 is 0 Å². The summed E-state index contributed by atoms with van der Waals surface area (Å²) in [5.41, 5.74) is -0.0796. The molecule has 0 spiro atoms. The summed E-state index contributed by atoms with van der Waals surface area (Å²) in [4.78, 5) is 2.04. The van der Waals surface area contributed by atoms with Crippen molar-refractivity contribution < 1.29 is 15.3 Å². The van der Waals surface area contributed by atoms with E-state index in [1.54, 1.807) is 0 Å². The van der Waals surface area contributed by atoms with Crippen molar-refractivity contribution >= 4 is 0 Å². The maximum atomic E-state index is 9.43. The molecule has 2 atom stereocenters. The zero-order valence-corrected chi connectivity index (χ0v) is 9.69. The average molecular weight is 217 g/mol. The van der Waals surface area contributed by atoms with Gasteiger partial charge in [-0.2, -0.15) is 0 Å². The molecule has 1 rings (SSSR count). The number of hydrogen-bond donors (Lipinski definition) is 3. The lowest BCUT2D eigenvalue weighted by atomic mass is 9.83. The Morgan fingerprint density at radius 2 is 1.60 bits per heavy atom. The van der Waals surface area contributed by atoms with E-state index in [0.717, 1.165) is 19.4 Å². The van der Waals surface area contributed by atoms with Crippen LogP contribution in [0.2, 0.25) is 0 Å². The van der Waals surface area contributed by atoms with Gasteiger partial charge in [0.25, 0.3) is 0 Å². The van der Waals surface area contributed by atoms with E-state index in [2.05, 4.69) is 13.8 Å². The van der Waals surface area contributed by atoms with Crippen molar-refractivity contribution in [3.05, 3.63) is 0 Å². The number of rotatable bonds is 5. The van der Waals surface area contributed by atoms with Crippen molar-refractivity contribution in [3.63, 3.8) is 0 Å². The lowest BCUT2D eigenvalue weighted by Crippen LogP contribution is -2.39. The first-order chi connectivity index (χ1) is 7.06. The van der Waals surface area contributed by atoms with Crippen LogP contribution in [-0.2, 0) is 0 Å². The molecule has 0 aliphatic carbocycles. The molecule has 90 valence electrons. The molecule has 1 aliphatic heterocycles. The molecule has 1 saturated heterocycles. The van der Waals surface area contributed by atoms with Gasteiger partial charge in [0.2, 0.25) is 0 Å². The second kappa shape index (κ2) is 5.25. The van der Waals surface area contributed by atoms with Crippen molar-refractivity contribution in [1.82, 2.24) is 4.90 Å². The van der Waals surface area contributed by atoms with E-state index in [-0.39, 0.29) is 12.0 Å². The quantitative estimate of drug-likeness (QED) is 0.598. The fourth-order valence-electron chi connectivity index (χ4n) is 2.20. The Morgan fingerprint density at radius 1 is 1.13 bits per heavy atom. The third kappa shape index (κ3) is 2.91. The maximum Gasteiger partial charge on any atom is 0.0938 e. The molecule has 0 aromatic heterocycles. The fraction of sp³-hybridized carbons (Fsp3) is 1.00. The first kappa shape index (κ1) is 12.9. The lowest BCUT2D eigenvalue weighted by Gasteiger charge is -2.33. The Labute approximate surface area is 91.5 Å². The fourth-order valence-corrected chi connectivity index (χ4v) is 2.20. The smallest absolute Gasteiger partial charge is 0.0938 e. The molecule has 15 heavy (non-hydrogen) atoms. The lowest BCUT2D eigenvalue weighted by molar-refractivity contribution is 0.0572. The third-order valence-electron chi connectivity index (χ3n) is 3.73. The van der Waals surface area contributed by atoms with Crippen LogP contribution in [0.4, 0.5) is 0 Å². The summed E-state index contributed by atoms with van der Waals surface area (Å²) < 4.78 is 0. The van der Waals surface area contributed by atoms with E-state index >= 15 is 0 Å². The van der Waals surface area contributed by atoms with E-state index in [1.807, 2.05) is 4.90 Å². The number of nitrogens with zero attached hydrogens (tertiary/aromatic N) is 1. The van der Waals surface area contributed by atoms with E-state index in [1.165, 1.54) is 0 Å². The predicted octanol–water partition coefficient (Wildman–Crippen LogP) is -0.178. The van der Waals surface area contributed by atoms with E-state index in [4.69, 9.17) is 0 Å². The molecule has 0 bridgehead atoms. The minimum Gasteiger partial charge on any atom is -0.396 e. The van der Waals surface area contributed by atoms with Crippen LogP contribution >= 0.6 is 0 Å². The molecule has 0 amide bonds. The van der Waals surface area contributed by atoms with Gasteiger partial charge in [-0.25, -0.2) is 0 Å². The SMILES string of the molecule is CCC(CC)(CO)CN1CC(O)C(O)C1. The first-order valence-electron chi connectivity index (χ1n) is 5.76. The number of likely N-dealkylation sites (tertiary alicyclic amines) is 1. The zero-order valence-electron chi connectivity index (χ0n) is 9.69. The second-order valence-electron chi connectivity index (χ2n) is 4.69. The number of hydrogen-bond acceptors (Lipinski definition) is 4. The monoisotopic (exact) mass is 217 g/mol. The van der Waals surface area contributed by atoms with Gasteiger partial charge < -0.3 is 15.3 Å². The van der Waals surface area contributed by atoms with Crippen LogP contribution in [0.15, 0.2) is 0 Å². The van der Waals surface area contributed by atoms with Crippen LogP contribution < -0.4 is 0 Å². The van der Waals surface area contributed by atoms with Gasteiger partial charge in [0.1, 0.15) is 0 Å². The standard InChI is InChI=1S/C11H23NO3/c1-3-11(4-2,8-13)7-12-5-9(14)10(15)6-12/h9-10,13-15H,3-8H2,1-2H3. The Morgan fingerprint density at radius 3 is 1.93 bits per heavy atom. The highest BCUT2D eigenvalue weighted by Gasteiger charge is 2.35. The molecule has 0 saturated carbocycles. The van der Waals surface area contributed by atoms with Gasteiger partial charge in [-0.15, -0.1) is 0 Å². The van der Waals surface area contributed by atoms with Crippen molar-refractivity contribution in [3.8, 4) is 0 Å². The van der Waals surface area contributed by atoms with Crippen molar-refractivity contribution in [2.45, 2.75) is 38.9 Å². The summed E-state index contributed by atoms with van der Waals surface area (Å²) in [5, 5.41) is 28.3. The topological polar surface area (TPSA) is 63.9 Å². The third-order valence-corrected chi connectivity index (χ3v) is 3.73. The Hall–Kier alpha value is -0.160. The number of aliphatic hydroxyl groups excluding tert-OH is 3. The normalized spacial score (nSPS) is 28.6. The van der Waals surface area contributed by atoms with E-state index in [9.17, 15) is 15.3 Å². The van der Waals surface area contributed by atoms with Crippen molar-refractivity contribution in [2.75, 3.05) is 26.2 Å². The van der Waals surface area contributed by atoms with Gasteiger partial charge in [0.05, 0.1) is 12.2 Å². The molecule has 1 heterocycles. The Kier molecular flexibility index (Phi) is 4.52. The summed E-state index contributed by atoms with van der Waals surface area (Å²) in [7, 11) is 0. The molecular weight excluding hydrogens is 194 g/mol. The zero-order chi connectivity index (χ0) is 11.5. The van der Waals surface area contributed by atoms with E-state index in [0.29, 0.717) is 13.1 Å². The van der Waals surface area contributed by atoms with Crippen LogP contribution in [0, 0.1) is 5.41 Å². The maximum absolute atomic E-state index is 9.43. The molecular formula is C11H23NO3. The van der Waals surface area contributed by atoms with Crippen LogP contribution in [0.5, 0.6) is 0 Å². The largest absolute Gasteiger partial charge is 0.396 e. The van der Waals surface area contributed by atoms with Crippen LogP contribution in [0.1, 0.15) is 26.7 Å². The van der Waals surface area contributed by atoms with Gasteiger partial charge in [-0.05, 0) is 12.8 Å². The van der Waals surface area contributed by atoms with Gasteiger partial charge in [0.15, 0.2) is 0 Å².